The summed E-state index contributed by atoms with van der Waals surface area (Å²) in [4.78, 5) is 12.0. The predicted molar refractivity (Wildman–Crippen MR) is 64.2 cm³/mol. The van der Waals surface area contributed by atoms with Gasteiger partial charge in [-0.2, -0.15) is 0 Å². The van der Waals surface area contributed by atoms with Crippen LogP contribution in [0.5, 0.6) is 5.75 Å². The van der Waals surface area contributed by atoms with Gasteiger partial charge in [0, 0.05) is 12.2 Å². The molecule has 1 atom stereocenters. The second-order valence-corrected chi connectivity index (χ2v) is 4.82. The molecule has 1 aromatic carbocycles. The van der Waals surface area contributed by atoms with Crippen molar-refractivity contribution in [3.05, 3.63) is 29.3 Å². The molecule has 1 unspecified atom stereocenters. The summed E-state index contributed by atoms with van der Waals surface area (Å²) < 4.78 is 5.28. The second kappa shape index (κ2) is 4.37. The van der Waals surface area contributed by atoms with Crippen LogP contribution in [0.1, 0.15) is 29.3 Å². The number of hydrogen-bond acceptors (Lipinski definition) is 3. The van der Waals surface area contributed by atoms with E-state index in [1.807, 2.05) is 6.92 Å². The molecule has 1 amide bonds. The summed E-state index contributed by atoms with van der Waals surface area (Å²) >= 11 is 0. The Morgan fingerprint density at radius 1 is 1.53 bits per heavy atom. The molecule has 4 heteroatoms. The molecule has 1 heterocycles. The lowest BCUT2D eigenvalue weighted by molar-refractivity contribution is 0.0890. The van der Waals surface area contributed by atoms with Gasteiger partial charge in [0.2, 0.25) is 0 Å². The highest BCUT2D eigenvalue weighted by molar-refractivity contribution is 5.95. The molecule has 0 aromatic heterocycles. The molecule has 1 saturated heterocycles. The first kappa shape index (κ1) is 11.9. The molecule has 0 radical (unpaired) electrons. The van der Waals surface area contributed by atoms with Crippen LogP contribution < -0.4 is 5.32 Å². The van der Waals surface area contributed by atoms with Crippen LogP contribution in [0, 0.1) is 6.92 Å². The van der Waals surface area contributed by atoms with E-state index in [0.29, 0.717) is 24.3 Å². The summed E-state index contributed by atoms with van der Waals surface area (Å²) in [5, 5.41) is 12.4. The van der Waals surface area contributed by atoms with Crippen LogP contribution in [0.2, 0.25) is 0 Å². The SMILES string of the molecule is Cc1cc(C(=O)NC2(C)CCOC2)ccc1O. The fraction of sp³-hybridized carbons (Fsp3) is 0.462. The molecule has 0 saturated carbocycles. The molecule has 0 aliphatic carbocycles. The van der Waals surface area contributed by atoms with Crippen LogP contribution >= 0.6 is 0 Å². The van der Waals surface area contributed by atoms with E-state index >= 15 is 0 Å². The summed E-state index contributed by atoms with van der Waals surface area (Å²) in [6, 6.07) is 4.85. The Labute approximate surface area is 101 Å². The van der Waals surface area contributed by atoms with Gasteiger partial charge in [0.15, 0.2) is 0 Å². The molecule has 2 rings (SSSR count). The van der Waals surface area contributed by atoms with E-state index in [4.69, 9.17) is 4.74 Å². The molecule has 17 heavy (non-hydrogen) atoms. The van der Waals surface area contributed by atoms with Crippen LogP contribution in [0.25, 0.3) is 0 Å². The molecule has 1 aliphatic heterocycles. The molecule has 4 nitrogen and oxygen atoms in total. The minimum atomic E-state index is -0.275. The number of aromatic hydroxyl groups is 1. The minimum absolute atomic E-state index is 0.124. The number of phenolic OH excluding ortho intramolecular Hbond substituents is 1. The quantitative estimate of drug-likeness (QED) is 0.818. The maximum absolute atomic E-state index is 12.0. The summed E-state index contributed by atoms with van der Waals surface area (Å²) in [7, 11) is 0. The highest BCUT2D eigenvalue weighted by Crippen LogP contribution is 2.20. The number of ether oxygens (including phenoxy) is 1. The van der Waals surface area contributed by atoms with Crippen molar-refractivity contribution in [3.8, 4) is 5.75 Å². The Hall–Kier alpha value is -1.55. The van der Waals surface area contributed by atoms with Gasteiger partial charge < -0.3 is 15.2 Å². The number of phenols is 1. The minimum Gasteiger partial charge on any atom is -0.508 e. The maximum atomic E-state index is 12.0. The monoisotopic (exact) mass is 235 g/mol. The van der Waals surface area contributed by atoms with Gasteiger partial charge in [-0.15, -0.1) is 0 Å². The van der Waals surface area contributed by atoms with E-state index in [1.54, 1.807) is 19.1 Å². The lowest BCUT2D eigenvalue weighted by Crippen LogP contribution is -2.46. The lowest BCUT2D eigenvalue weighted by atomic mass is 10.0. The van der Waals surface area contributed by atoms with Gasteiger partial charge in [-0.3, -0.25) is 4.79 Å². The van der Waals surface area contributed by atoms with Crippen molar-refractivity contribution in [2.75, 3.05) is 13.2 Å². The summed E-state index contributed by atoms with van der Waals surface area (Å²) in [5.41, 5.74) is 0.988. The van der Waals surface area contributed by atoms with Gasteiger partial charge in [0.05, 0.1) is 12.1 Å². The molecular formula is C13H17NO3. The highest BCUT2D eigenvalue weighted by Gasteiger charge is 2.31. The van der Waals surface area contributed by atoms with E-state index in [1.165, 1.54) is 6.07 Å². The first-order valence-electron chi connectivity index (χ1n) is 5.70. The van der Waals surface area contributed by atoms with Gasteiger partial charge in [-0.25, -0.2) is 0 Å². The maximum Gasteiger partial charge on any atom is 0.251 e. The third kappa shape index (κ3) is 2.58. The van der Waals surface area contributed by atoms with E-state index in [2.05, 4.69) is 5.32 Å². The van der Waals surface area contributed by atoms with Gasteiger partial charge in [-0.1, -0.05) is 0 Å². The average Bonchev–Trinajstić information content (AvgIpc) is 2.69. The Morgan fingerprint density at radius 3 is 2.88 bits per heavy atom. The van der Waals surface area contributed by atoms with Crippen LogP contribution in [0.3, 0.4) is 0 Å². The number of carbonyl (C=O) groups is 1. The van der Waals surface area contributed by atoms with E-state index < -0.39 is 0 Å². The fourth-order valence-corrected chi connectivity index (χ4v) is 1.91. The number of amides is 1. The average molecular weight is 235 g/mol. The third-order valence-electron chi connectivity index (χ3n) is 3.09. The number of hydrogen-bond donors (Lipinski definition) is 2. The van der Waals surface area contributed by atoms with E-state index in [-0.39, 0.29) is 17.2 Å². The van der Waals surface area contributed by atoms with Crippen LogP contribution in [-0.4, -0.2) is 29.8 Å². The molecule has 1 aliphatic rings. The zero-order chi connectivity index (χ0) is 12.5. The number of rotatable bonds is 2. The summed E-state index contributed by atoms with van der Waals surface area (Å²) in [6.07, 6.45) is 0.829. The van der Waals surface area contributed by atoms with Crippen LogP contribution in [0.15, 0.2) is 18.2 Å². The summed E-state index contributed by atoms with van der Waals surface area (Å²) in [6.45, 7) is 4.98. The molecule has 1 aromatic rings. The lowest BCUT2D eigenvalue weighted by Gasteiger charge is -2.23. The topological polar surface area (TPSA) is 58.6 Å². The largest absolute Gasteiger partial charge is 0.508 e. The number of nitrogens with one attached hydrogen (secondary N) is 1. The predicted octanol–water partition coefficient (Wildman–Crippen LogP) is 1.61. The molecule has 0 bridgehead atoms. The normalized spacial score (nSPS) is 23.6. The van der Waals surface area contributed by atoms with Crippen LogP contribution in [-0.2, 0) is 4.74 Å². The molecular weight excluding hydrogens is 218 g/mol. The van der Waals surface area contributed by atoms with Gasteiger partial charge in [0.1, 0.15) is 5.75 Å². The van der Waals surface area contributed by atoms with Gasteiger partial charge in [0.25, 0.3) is 5.91 Å². The van der Waals surface area contributed by atoms with E-state index in [0.717, 1.165) is 6.42 Å². The summed E-state index contributed by atoms with van der Waals surface area (Å²) in [5.74, 6) is 0.0815. The van der Waals surface area contributed by atoms with Crippen LogP contribution in [0.4, 0.5) is 0 Å². The number of carbonyl (C=O) groups excluding carboxylic acids is 1. The van der Waals surface area contributed by atoms with Crippen molar-refractivity contribution in [3.63, 3.8) is 0 Å². The van der Waals surface area contributed by atoms with Gasteiger partial charge in [-0.05, 0) is 44.0 Å². The first-order valence-corrected chi connectivity index (χ1v) is 5.70. The molecule has 1 fully saturated rings. The standard InChI is InChI=1S/C13H17NO3/c1-9-7-10(3-4-11(9)15)12(16)14-13(2)5-6-17-8-13/h3-4,7,15H,5-6,8H2,1-2H3,(H,14,16). The zero-order valence-electron chi connectivity index (χ0n) is 10.1. The van der Waals surface area contributed by atoms with Crippen molar-refractivity contribution in [2.24, 2.45) is 0 Å². The van der Waals surface area contributed by atoms with Crippen molar-refractivity contribution >= 4 is 5.91 Å². The third-order valence-corrected chi connectivity index (χ3v) is 3.09. The Kier molecular flexibility index (Phi) is 3.07. The molecule has 92 valence electrons. The Balaban J connectivity index is 2.11. The van der Waals surface area contributed by atoms with Crippen molar-refractivity contribution < 1.29 is 14.6 Å². The van der Waals surface area contributed by atoms with Gasteiger partial charge >= 0.3 is 0 Å². The van der Waals surface area contributed by atoms with Crippen molar-refractivity contribution in [1.29, 1.82) is 0 Å². The number of benzene rings is 1. The second-order valence-electron chi connectivity index (χ2n) is 4.82. The van der Waals surface area contributed by atoms with Crippen molar-refractivity contribution in [1.82, 2.24) is 5.32 Å². The Morgan fingerprint density at radius 2 is 2.29 bits per heavy atom. The van der Waals surface area contributed by atoms with Crippen molar-refractivity contribution in [2.45, 2.75) is 25.8 Å². The molecule has 2 N–H and O–H groups in total. The van der Waals surface area contributed by atoms with E-state index in [9.17, 15) is 9.90 Å². The number of aryl methyl sites for hydroxylation is 1. The zero-order valence-corrected chi connectivity index (χ0v) is 10.1. The fourth-order valence-electron chi connectivity index (χ4n) is 1.91. The Bertz CT molecular complexity index is 436. The molecule has 0 spiro atoms. The first-order chi connectivity index (χ1) is 8.00. The highest BCUT2D eigenvalue weighted by atomic mass is 16.5. The smallest absolute Gasteiger partial charge is 0.251 e.